The largest absolute Gasteiger partial charge is 0.383 e. The highest BCUT2D eigenvalue weighted by Crippen LogP contribution is 2.67. The minimum absolute atomic E-state index is 0.465. The third kappa shape index (κ3) is 1.96. The van der Waals surface area contributed by atoms with E-state index in [0.717, 1.165) is 19.1 Å². The van der Waals surface area contributed by atoms with Gasteiger partial charge in [-0.05, 0) is 30.2 Å². The van der Waals surface area contributed by atoms with Crippen LogP contribution in [0.1, 0.15) is 34.6 Å². The molecule has 1 saturated carbocycles. The average Bonchev–Trinajstić information content (AvgIpc) is 2.41. The molecule has 84 valence electrons. The van der Waals surface area contributed by atoms with Crippen LogP contribution in [0.5, 0.6) is 0 Å². The molecule has 2 heteroatoms. The van der Waals surface area contributed by atoms with Crippen molar-refractivity contribution in [2.45, 2.75) is 40.7 Å². The van der Waals surface area contributed by atoms with Crippen molar-refractivity contribution in [2.24, 2.45) is 16.7 Å². The summed E-state index contributed by atoms with van der Waals surface area (Å²) >= 11 is 0. The summed E-state index contributed by atoms with van der Waals surface area (Å²) in [5, 5.41) is 3.53. The van der Waals surface area contributed by atoms with Crippen molar-refractivity contribution in [1.29, 1.82) is 0 Å². The quantitative estimate of drug-likeness (QED) is 0.733. The lowest BCUT2D eigenvalue weighted by molar-refractivity contribution is 0.171. The predicted octanol–water partition coefficient (Wildman–Crippen LogP) is 2.29. The Kier molecular flexibility index (Phi) is 3.27. The predicted molar refractivity (Wildman–Crippen MR) is 60.4 cm³/mol. The van der Waals surface area contributed by atoms with Crippen molar-refractivity contribution in [3.63, 3.8) is 0 Å². The minimum Gasteiger partial charge on any atom is -0.383 e. The Bertz CT molecular complexity index is 184. The Hall–Kier alpha value is -0.0800. The number of hydrogen-bond donors (Lipinski definition) is 1. The molecule has 1 aliphatic carbocycles. The molecule has 1 unspecified atom stereocenters. The molecule has 0 radical (unpaired) electrons. The lowest BCUT2D eigenvalue weighted by Gasteiger charge is -2.13. The maximum Gasteiger partial charge on any atom is 0.0613 e. The summed E-state index contributed by atoms with van der Waals surface area (Å²) in [4.78, 5) is 0. The molecule has 0 aliphatic heterocycles. The van der Waals surface area contributed by atoms with Crippen LogP contribution < -0.4 is 5.32 Å². The minimum atomic E-state index is 0.465. The smallest absolute Gasteiger partial charge is 0.0613 e. The van der Waals surface area contributed by atoms with E-state index in [2.05, 4.69) is 39.9 Å². The van der Waals surface area contributed by atoms with Crippen LogP contribution in [0.4, 0.5) is 0 Å². The molecule has 0 heterocycles. The van der Waals surface area contributed by atoms with E-state index in [1.807, 2.05) is 0 Å². The Morgan fingerprint density at radius 2 is 1.71 bits per heavy atom. The molecular weight excluding hydrogens is 174 g/mol. The number of ether oxygens (including phenoxy) is 1. The first-order chi connectivity index (χ1) is 6.34. The molecular formula is C12H25NO. The van der Waals surface area contributed by atoms with Crippen LogP contribution in [0.25, 0.3) is 0 Å². The van der Waals surface area contributed by atoms with E-state index in [4.69, 9.17) is 4.74 Å². The molecule has 14 heavy (non-hydrogen) atoms. The molecule has 2 nitrogen and oxygen atoms in total. The van der Waals surface area contributed by atoms with Gasteiger partial charge in [-0.1, -0.05) is 27.7 Å². The molecule has 1 atom stereocenters. The van der Waals surface area contributed by atoms with Crippen LogP contribution in [0.2, 0.25) is 0 Å². The van der Waals surface area contributed by atoms with Crippen molar-refractivity contribution in [2.75, 3.05) is 20.3 Å². The van der Waals surface area contributed by atoms with Crippen LogP contribution in [0, 0.1) is 16.7 Å². The maximum absolute atomic E-state index is 5.10. The first-order valence-corrected chi connectivity index (χ1v) is 5.56. The van der Waals surface area contributed by atoms with E-state index in [1.165, 1.54) is 0 Å². The molecule has 1 aliphatic rings. The van der Waals surface area contributed by atoms with Crippen molar-refractivity contribution in [3.8, 4) is 0 Å². The summed E-state index contributed by atoms with van der Waals surface area (Å²) in [6.45, 7) is 13.5. The topological polar surface area (TPSA) is 21.3 Å². The third-order valence-corrected chi connectivity index (χ3v) is 4.41. The summed E-state index contributed by atoms with van der Waals surface area (Å²) in [5.41, 5.74) is 0.986. The number of methoxy groups -OCH3 is 1. The zero-order valence-corrected chi connectivity index (χ0v) is 10.5. The Morgan fingerprint density at radius 1 is 1.21 bits per heavy atom. The fourth-order valence-electron chi connectivity index (χ4n) is 2.47. The SMILES string of the molecule is COCC(C)NCC1C(C)(C)C1(C)C. The van der Waals surface area contributed by atoms with Crippen molar-refractivity contribution < 1.29 is 4.74 Å². The lowest BCUT2D eigenvalue weighted by Crippen LogP contribution is -2.32. The van der Waals surface area contributed by atoms with Crippen LogP contribution in [-0.2, 0) is 4.74 Å². The maximum atomic E-state index is 5.10. The molecule has 0 aromatic carbocycles. The Balaban J connectivity index is 2.28. The zero-order valence-electron chi connectivity index (χ0n) is 10.5. The molecule has 0 amide bonds. The van der Waals surface area contributed by atoms with Crippen LogP contribution in [-0.4, -0.2) is 26.3 Å². The first-order valence-electron chi connectivity index (χ1n) is 5.56. The molecule has 1 rings (SSSR count). The van der Waals surface area contributed by atoms with Crippen molar-refractivity contribution >= 4 is 0 Å². The fraction of sp³-hybridized carbons (Fsp3) is 1.00. The van der Waals surface area contributed by atoms with Gasteiger partial charge in [0, 0.05) is 13.2 Å². The van der Waals surface area contributed by atoms with Gasteiger partial charge in [0.1, 0.15) is 0 Å². The fourth-order valence-corrected chi connectivity index (χ4v) is 2.47. The monoisotopic (exact) mass is 199 g/mol. The summed E-state index contributed by atoms with van der Waals surface area (Å²) in [5.74, 6) is 0.800. The van der Waals surface area contributed by atoms with Gasteiger partial charge in [0.25, 0.3) is 0 Å². The van der Waals surface area contributed by atoms with Crippen molar-refractivity contribution in [1.82, 2.24) is 5.32 Å². The summed E-state index contributed by atoms with van der Waals surface area (Å²) in [6, 6.07) is 0.465. The van der Waals surface area contributed by atoms with E-state index < -0.39 is 0 Å². The Labute approximate surface area is 88.4 Å². The summed E-state index contributed by atoms with van der Waals surface area (Å²) in [6.07, 6.45) is 0. The van der Waals surface area contributed by atoms with E-state index in [1.54, 1.807) is 7.11 Å². The van der Waals surface area contributed by atoms with Gasteiger partial charge >= 0.3 is 0 Å². The second kappa shape index (κ2) is 3.82. The first kappa shape index (κ1) is 12.0. The highest BCUT2D eigenvalue weighted by Gasteiger charge is 2.63. The number of nitrogens with one attached hydrogen (secondary N) is 1. The number of rotatable bonds is 5. The van der Waals surface area contributed by atoms with Gasteiger partial charge in [-0.3, -0.25) is 0 Å². The van der Waals surface area contributed by atoms with Crippen molar-refractivity contribution in [3.05, 3.63) is 0 Å². The van der Waals surface area contributed by atoms with E-state index in [9.17, 15) is 0 Å². The molecule has 1 N–H and O–H groups in total. The van der Waals surface area contributed by atoms with Gasteiger partial charge in [-0.15, -0.1) is 0 Å². The van der Waals surface area contributed by atoms with E-state index in [0.29, 0.717) is 16.9 Å². The third-order valence-electron chi connectivity index (χ3n) is 4.41. The highest BCUT2D eigenvalue weighted by atomic mass is 16.5. The van der Waals surface area contributed by atoms with Gasteiger partial charge in [-0.2, -0.15) is 0 Å². The molecule has 0 aromatic rings. The molecule has 0 aromatic heterocycles. The normalized spacial score (nSPS) is 26.1. The summed E-state index contributed by atoms with van der Waals surface area (Å²) < 4.78 is 5.10. The molecule has 0 saturated heterocycles. The zero-order chi connectivity index (χ0) is 11.0. The second-order valence-electron chi connectivity index (χ2n) is 5.76. The Morgan fingerprint density at radius 3 is 2.07 bits per heavy atom. The van der Waals surface area contributed by atoms with E-state index >= 15 is 0 Å². The van der Waals surface area contributed by atoms with Gasteiger partial charge in [0.2, 0.25) is 0 Å². The summed E-state index contributed by atoms with van der Waals surface area (Å²) in [7, 11) is 1.75. The van der Waals surface area contributed by atoms with Gasteiger partial charge in [-0.25, -0.2) is 0 Å². The van der Waals surface area contributed by atoms with Gasteiger partial charge < -0.3 is 10.1 Å². The van der Waals surface area contributed by atoms with Gasteiger partial charge in [0.15, 0.2) is 0 Å². The van der Waals surface area contributed by atoms with Crippen LogP contribution in [0.3, 0.4) is 0 Å². The second-order valence-corrected chi connectivity index (χ2v) is 5.76. The molecule has 0 spiro atoms. The van der Waals surface area contributed by atoms with Crippen LogP contribution >= 0.6 is 0 Å². The standard InChI is InChI=1S/C12H25NO/c1-9(8-14-6)13-7-10-11(2,3)12(10,4)5/h9-10,13H,7-8H2,1-6H3. The van der Waals surface area contributed by atoms with E-state index in [-0.39, 0.29) is 0 Å². The number of hydrogen-bond acceptors (Lipinski definition) is 2. The molecule has 1 fully saturated rings. The van der Waals surface area contributed by atoms with Crippen LogP contribution in [0.15, 0.2) is 0 Å². The van der Waals surface area contributed by atoms with Gasteiger partial charge in [0.05, 0.1) is 6.61 Å². The highest BCUT2D eigenvalue weighted by molar-refractivity contribution is 5.12. The molecule has 0 bridgehead atoms. The lowest BCUT2D eigenvalue weighted by atomic mass is 10.0. The average molecular weight is 199 g/mol.